The number of carbonyl (C=O) groups is 4. The SMILES string of the molecule is CC(=O)NC(c1ccco1)C(O)C(=O)OC1CC2(O)C(OC(=O)c3ccccc3)C3C4(O)COC4CC(O)[C@@]3(C)C(=O)C(O)C(=C1C)C2(C)C. The van der Waals surface area contributed by atoms with Crippen LogP contribution in [0.5, 0.6) is 0 Å². The lowest BCUT2D eigenvalue weighted by atomic mass is 9.44. The first kappa shape index (κ1) is 35.9. The quantitative estimate of drug-likeness (QED) is 0.175. The molecule has 2 saturated carbocycles. The highest BCUT2D eigenvalue weighted by Gasteiger charge is 2.76. The van der Waals surface area contributed by atoms with Gasteiger partial charge in [0.05, 0.1) is 36.1 Å². The molecule has 3 aliphatic carbocycles. The molecule has 50 heavy (non-hydrogen) atoms. The first-order valence-corrected chi connectivity index (χ1v) is 16.5. The van der Waals surface area contributed by atoms with E-state index in [2.05, 4.69) is 5.32 Å². The highest BCUT2D eigenvalue weighted by molar-refractivity contribution is 5.94. The Balaban J connectivity index is 1.49. The molecule has 1 aromatic heterocycles. The van der Waals surface area contributed by atoms with Crippen LogP contribution in [0.2, 0.25) is 0 Å². The number of furan rings is 1. The van der Waals surface area contributed by atoms with Gasteiger partial charge in [0.25, 0.3) is 0 Å². The van der Waals surface area contributed by atoms with E-state index in [1.165, 1.54) is 51.3 Å². The molecule has 1 saturated heterocycles. The van der Waals surface area contributed by atoms with Crippen LogP contribution in [0.3, 0.4) is 0 Å². The Morgan fingerprint density at radius 1 is 1.02 bits per heavy atom. The summed E-state index contributed by atoms with van der Waals surface area (Å²) >= 11 is 0. The zero-order valence-electron chi connectivity index (χ0n) is 28.4. The highest BCUT2D eigenvalue weighted by Crippen LogP contribution is 2.63. The molecule has 1 aliphatic heterocycles. The average Bonchev–Trinajstić information content (AvgIpc) is 3.60. The highest BCUT2D eigenvalue weighted by atomic mass is 16.6. The molecular weight excluding hydrogens is 654 g/mol. The number of aliphatic hydroxyl groups excluding tert-OH is 3. The van der Waals surface area contributed by atoms with Crippen molar-refractivity contribution in [2.75, 3.05) is 6.61 Å². The molecule has 11 atom stereocenters. The van der Waals surface area contributed by atoms with Gasteiger partial charge in [-0.05, 0) is 49.3 Å². The molecule has 2 aromatic rings. The molecule has 0 spiro atoms. The molecule has 10 unspecified atom stereocenters. The number of esters is 2. The van der Waals surface area contributed by atoms with Gasteiger partial charge in [-0.25, -0.2) is 9.59 Å². The average molecular weight is 698 g/mol. The molecule has 14 heteroatoms. The lowest BCUT2D eigenvalue weighted by Gasteiger charge is -2.66. The van der Waals surface area contributed by atoms with E-state index in [4.69, 9.17) is 18.6 Å². The summed E-state index contributed by atoms with van der Waals surface area (Å²) in [5.41, 5.74) is -7.48. The fourth-order valence-corrected chi connectivity index (χ4v) is 8.72. The number of nitrogens with one attached hydrogen (secondary N) is 1. The van der Waals surface area contributed by atoms with Crippen LogP contribution >= 0.6 is 0 Å². The minimum absolute atomic E-state index is 0.0420. The van der Waals surface area contributed by atoms with E-state index in [0.717, 1.165) is 0 Å². The van der Waals surface area contributed by atoms with Gasteiger partial charge in [-0.3, -0.25) is 9.59 Å². The summed E-state index contributed by atoms with van der Waals surface area (Å²) in [4.78, 5) is 54.0. The van der Waals surface area contributed by atoms with Gasteiger partial charge in [0, 0.05) is 31.1 Å². The van der Waals surface area contributed by atoms with Crippen LogP contribution in [-0.4, -0.2) is 104 Å². The topological polar surface area (TPSA) is 222 Å². The number of aliphatic hydroxyl groups is 5. The van der Waals surface area contributed by atoms with Crippen LogP contribution in [0.25, 0.3) is 0 Å². The van der Waals surface area contributed by atoms with Gasteiger partial charge in [0.1, 0.15) is 41.3 Å². The minimum Gasteiger partial charge on any atom is -0.467 e. The summed E-state index contributed by atoms with van der Waals surface area (Å²) in [6, 6.07) is 9.47. The van der Waals surface area contributed by atoms with E-state index in [9.17, 15) is 44.7 Å². The normalized spacial score (nSPS) is 37.1. The number of amides is 1. The van der Waals surface area contributed by atoms with Crippen LogP contribution < -0.4 is 5.32 Å². The summed E-state index contributed by atoms with van der Waals surface area (Å²) in [6.07, 6.45) is -8.96. The number of hydrogen-bond donors (Lipinski definition) is 6. The monoisotopic (exact) mass is 697 g/mol. The number of fused-ring (bicyclic) bond motifs is 5. The molecule has 2 bridgehead atoms. The van der Waals surface area contributed by atoms with Gasteiger partial charge in [-0.1, -0.05) is 32.0 Å². The summed E-state index contributed by atoms with van der Waals surface area (Å²) < 4.78 is 22.9. The third kappa shape index (κ3) is 5.23. The standard InChI is InChI=1S/C36H43NO13/c1-17-21(49-32(44)27(41)25(37-18(2)38)20-12-9-13-47-20)15-36(46)30(50-31(43)19-10-7-6-8-11-19)28-34(5,22(39)14-23-35(28,45)16-48-23)29(42)26(40)24(17)33(36,3)4/h6-13,21-23,25-28,30,39-41,45-46H,14-16H2,1-5H3,(H,37,38)/t21?,22?,23?,25?,26?,27?,28?,30?,34-,35?,36?/m1/s1. The van der Waals surface area contributed by atoms with Gasteiger partial charge < -0.3 is 49.5 Å². The van der Waals surface area contributed by atoms with Crippen molar-refractivity contribution in [1.82, 2.24) is 5.32 Å². The van der Waals surface area contributed by atoms with Crippen LogP contribution in [0.4, 0.5) is 0 Å². The summed E-state index contributed by atoms with van der Waals surface area (Å²) in [5, 5.41) is 62.3. The molecule has 2 heterocycles. The molecule has 3 fully saturated rings. The number of rotatable bonds is 7. The van der Waals surface area contributed by atoms with E-state index in [1.54, 1.807) is 32.0 Å². The Labute approximate surface area is 288 Å². The Morgan fingerprint density at radius 2 is 1.70 bits per heavy atom. The maximum absolute atomic E-state index is 14.6. The lowest BCUT2D eigenvalue weighted by molar-refractivity contribution is -0.343. The zero-order chi connectivity index (χ0) is 36.6. The molecule has 1 aromatic carbocycles. The Hall–Kier alpha value is -3.92. The number of ketones is 1. The second-order valence-electron chi connectivity index (χ2n) is 14.7. The number of hydrogen-bond acceptors (Lipinski definition) is 13. The Morgan fingerprint density at radius 3 is 2.28 bits per heavy atom. The fourth-order valence-electron chi connectivity index (χ4n) is 8.72. The number of ether oxygens (including phenoxy) is 3. The van der Waals surface area contributed by atoms with Gasteiger partial charge in [-0.15, -0.1) is 0 Å². The van der Waals surface area contributed by atoms with Crippen molar-refractivity contribution in [3.05, 3.63) is 71.2 Å². The van der Waals surface area contributed by atoms with E-state index < -0.39 is 101 Å². The number of benzene rings is 1. The van der Waals surface area contributed by atoms with Gasteiger partial charge in [0.2, 0.25) is 5.91 Å². The van der Waals surface area contributed by atoms with Crippen LogP contribution in [0.15, 0.2) is 64.3 Å². The van der Waals surface area contributed by atoms with Gasteiger partial charge in [0.15, 0.2) is 11.9 Å². The molecule has 4 aliphatic rings. The summed E-state index contributed by atoms with van der Waals surface area (Å²) in [5.74, 6) is -5.06. The van der Waals surface area contributed by atoms with Crippen molar-refractivity contribution >= 4 is 23.6 Å². The lowest BCUT2D eigenvalue weighted by Crippen LogP contribution is -2.81. The maximum atomic E-state index is 14.6. The molecular formula is C36H43NO13. The third-order valence-electron chi connectivity index (χ3n) is 11.6. The zero-order valence-corrected chi connectivity index (χ0v) is 28.4. The number of Topliss-reactive ketones (excluding diaryl/α,β-unsaturated/α-hetero) is 1. The second-order valence-corrected chi connectivity index (χ2v) is 14.7. The van der Waals surface area contributed by atoms with Crippen molar-refractivity contribution in [2.24, 2.45) is 16.7 Å². The smallest absolute Gasteiger partial charge is 0.338 e. The first-order chi connectivity index (χ1) is 23.4. The predicted octanol–water partition coefficient (Wildman–Crippen LogP) is 0.893. The number of carbonyl (C=O) groups excluding carboxylic acids is 4. The molecule has 6 N–H and O–H groups in total. The first-order valence-electron chi connectivity index (χ1n) is 16.5. The van der Waals surface area contributed by atoms with Crippen molar-refractivity contribution in [1.29, 1.82) is 0 Å². The molecule has 6 rings (SSSR count). The predicted molar refractivity (Wildman–Crippen MR) is 171 cm³/mol. The van der Waals surface area contributed by atoms with Crippen LogP contribution in [0.1, 0.15) is 69.6 Å². The van der Waals surface area contributed by atoms with Crippen molar-refractivity contribution in [3.8, 4) is 0 Å². The fraction of sp³-hybridized carbons (Fsp3) is 0.556. The molecule has 14 nitrogen and oxygen atoms in total. The van der Waals surface area contributed by atoms with Crippen molar-refractivity contribution in [2.45, 2.75) is 101 Å². The maximum Gasteiger partial charge on any atom is 0.338 e. The Kier molecular flexibility index (Phi) is 8.89. The van der Waals surface area contributed by atoms with E-state index in [0.29, 0.717) is 0 Å². The largest absolute Gasteiger partial charge is 0.467 e. The third-order valence-corrected chi connectivity index (χ3v) is 11.6. The van der Waals surface area contributed by atoms with Crippen molar-refractivity contribution in [3.63, 3.8) is 0 Å². The summed E-state index contributed by atoms with van der Waals surface area (Å²) in [6.45, 7) is 6.84. The molecule has 1 amide bonds. The minimum atomic E-state index is -2.29. The second kappa shape index (κ2) is 12.4. The van der Waals surface area contributed by atoms with Crippen LogP contribution in [0, 0.1) is 16.7 Å². The summed E-state index contributed by atoms with van der Waals surface area (Å²) in [7, 11) is 0. The van der Waals surface area contributed by atoms with Crippen molar-refractivity contribution < 1.29 is 63.3 Å². The molecule has 270 valence electrons. The van der Waals surface area contributed by atoms with Gasteiger partial charge >= 0.3 is 11.9 Å². The van der Waals surface area contributed by atoms with E-state index in [-0.39, 0.29) is 35.5 Å². The van der Waals surface area contributed by atoms with E-state index >= 15 is 0 Å². The Bertz CT molecular complexity index is 1700. The van der Waals surface area contributed by atoms with Gasteiger partial charge in [-0.2, -0.15) is 0 Å². The van der Waals surface area contributed by atoms with Crippen LogP contribution in [-0.2, 0) is 28.6 Å². The van der Waals surface area contributed by atoms with E-state index in [1.807, 2.05) is 0 Å². The molecule has 0 radical (unpaired) electrons.